The minimum Gasteiger partial charge on any atom is -0.495 e. The average Bonchev–Trinajstić information content (AvgIpc) is 3.12. The average molecular weight is 398 g/mol. The van der Waals surface area contributed by atoms with Crippen LogP contribution in [0.4, 0.5) is 0 Å². The maximum Gasteiger partial charge on any atom is 0.147 e. The van der Waals surface area contributed by atoms with Gasteiger partial charge < -0.3 is 9.64 Å². The van der Waals surface area contributed by atoms with E-state index < -0.39 is 0 Å². The Morgan fingerprint density at radius 3 is 2.72 bits per heavy atom. The zero-order valence-electron chi connectivity index (χ0n) is 17.6. The van der Waals surface area contributed by atoms with Crippen LogP contribution in [0.3, 0.4) is 0 Å². The molecule has 0 aromatic carbocycles. The molecule has 1 aliphatic heterocycles. The predicted octanol–water partition coefficient (Wildman–Crippen LogP) is 3.51. The molecule has 156 valence electrons. The van der Waals surface area contributed by atoms with Gasteiger partial charge in [-0.15, -0.1) is 0 Å². The van der Waals surface area contributed by atoms with Crippen LogP contribution in [0, 0.1) is 11.3 Å². The van der Waals surface area contributed by atoms with Crippen molar-refractivity contribution in [2.75, 3.05) is 13.1 Å². The van der Waals surface area contributed by atoms with Gasteiger partial charge in [0.2, 0.25) is 0 Å². The molecule has 1 aliphatic carbocycles. The molecule has 0 radical (unpaired) electrons. The summed E-state index contributed by atoms with van der Waals surface area (Å²) in [5.74, 6) is 1.87. The predicted molar refractivity (Wildman–Crippen MR) is 121 cm³/mol. The summed E-state index contributed by atoms with van der Waals surface area (Å²) in [7, 11) is 0. The molecule has 2 N–H and O–H groups in total. The Bertz CT molecular complexity index is 768. The second-order valence-electron chi connectivity index (χ2n) is 7.12. The minimum absolute atomic E-state index is 0.0804. The molecule has 8 heteroatoms. The Balaban J connectivity index is 1.69. The molecule has 2 rings (SSSR count). The van der Waals surface area contributed by atoms with Crippen LogP contribution in [0.5, 0.6) is 0 Å². The maximum atomic E-state index is 7.99. The molecule has 1 heterocycles. The lowest BCUT2D eigenvalue weighted by atomic mass is 9.80. The van der Waals surface area contributed by atoms with E-state index in [1.165, 1.54) is 5.57 Å². The Hall–Kier alpha value is -3.03. The van der Waals surface area contributed by atoms with Crippen LogP contribution in [-0.2, 0) is 4.74 Å². The molecular formula is C21H31N7O. The number of hydrogen-bond acceptors (Lipinski definition) is 5. The second kappa shape index (κ2) is 11.1. The first-order valence-electron chi connectivity index (χ1n) is 9.76. The summed E-state index contributed by atoms with van der Waals surface area (Å²) in [6, 6.07) is 0. The highest BCUT2D eigenvalue weighted by molar-refractivity contribution is 5.97. The van der Waals surface area contributed by atoms with Gasteiger partial charge in [-0.25, -0.2) is 15.0 Å². The molecule has 0 unspecified atom stereocenters. The summed E-state index contributed by atoms with van der Waals surface area (Å²) >= 11 is 0. The highest BCUT2D eigenvalue weighted by atomic mass is 16.5. The largest absolute Gasteiger partial charge is 0.495 e. The zero-order chi connectivity index (χ0) is 21.2. The normalized spacial score (nSPS) is 21.4. The molecule has 8 nitrogen and oxygen atoms in total. The smallest absolute Gasteiger partial charge is 0.147 e. The highest BCUT2D eigenvalue weighted by Gasteiger charge is 2.26. The molecule has 2 fully saturated rings. The molecular weight excluding hydrogens is 366 g/mol. The van der Waals surface area contributed by atoms with Crippen molar-refractivity contribution in [1.82, 2.24) is 10.3 Å². The van der Waals surface area contributed by atoms with E-state index in [2.05, 4.69) is 43.6 Å². The Morgan fingerprint density at radius 2 is 2.03 bits per heavy atom. The fraction of sp³-hybridized carbons (Fsp3) is 0.476. The molecule has 1 saturated heterocycles. The van der Waals surface area contributed by atoms with E-state index in [1.807, 2.05) is 13.8 Å². The van der Waals surface area contributed by atoms with Crippen LogP contribution in [-0.4, -0.2) is 54.0 Å². The van der Waals surface area contributed by atoms with Gasteiger partial charge in [-0.2, -0.15) is 5.10 Å². The molecule has 0 aromatic rings. The molecule has 2 aliphatic rings. The Labute approximate surface area is 173 Å². The summed E-state index contributed by atoms with van der Waals surface area (Å²) in [6.45, 7) is 15.0. The van der Waals surface area contributed by atoms with Gasteiger partial charge in [0.05, 0.1) is 19.0 Å². The van der Waals surface area contributed by atoms with E-state index in [1.54, 1.807) is 31.8 Å². The van der Waals surface area contributed by atoms with Crippen molar-refractivity contribution in [2.45, 2.75) is 46.1 Å². The second-order valence-corrected chi connectivity index (χ2v) is 7.12. The first kappa shape index (κ1) is 22.3. The van der Waals surface area contributed by atoms with Gasteiger partial charge in [0.15, 0.2) is 0 Å². The quantitative estimate of drug-likeness (QED) is 0.226. The van der Waals surface area contributed by atoms with Crippen molar-refractivity contribution in [3.05, 3.63) is 36.9 Å². The number of nitrogens with one attached hydrogen (secondary N) is 2. The van der Waals surface area contributed by atoms with E-state index in [4.69, 9.17) is 10.1 Å². The van der Waals surface area contributed by atoms with Crippen molar-refractivity contribution in [3.8, 4) is 0 Å². The number of allylic oxidation sites excluding steroid dienone is 2. The van der Waals surface area contributed by atoms with Gasteiger partial charge >= 0.3 is 0 Å². The number of ether oxygens (including phenoxy) is 1. The highest BCUT2D eigenvalue weighted by Crippen LogP contribution is 2.32. The lowest BCUT2D eigenvalue weighted by Crippen LogP contribution is -2.24. The first-order chi connectivity index (χ1) is 13.9. The van der Waals surface area contributed by atoms with Crippen molar-refractivity contribution >= 4 is 29.9 Å². The van der Waals surface area contributed by atoms with E-state index in [0.717, 1.165) is 38.0 Å². The standard InChI is InChI=1S/C21H31N7O/c1-6-23-17(4)26-18(5)27-25-8-10-29-20-7-9-28(14-20)16(3)13-24-21(22)19-11-15(2)12-19/h6,8,10,13,19-20,22,25H,2-3,7,9,11-12,14H2,1,4-5H3/b10-8+,22-21?,23-6?,24-13?,26-17?,27-18-/t20-/m1/s1. The van der Waals surface area contributed by atoms with E-state index >= 15 is 0 Å². The lowest BCUT2D eigenvalue weighted by molar-refractivity contribution is 0.152. The van der Waals surface area contributed by atoms with Crippen molar-refractivity contribution < 1.29 is 4.74 Å². The van der Waals surface area contributed by atoms with E-state index in [-0.39, 0.29) is 12.0 Å². The number of rotatable bonds is 7. The topological polar surface area (TPSA) is 97.8 Å². The van der Waals surface area contributed by atoms with E-state index in [9.17, 15) is 0 Å². The molecule has 0 spiro atoms. The van der Waals surface area contributed by atoms with Crippen molar-refractivity contribution in [1.29, 1.82) is 5.41 Å². The van der Waals surface area contributed by atoms with Crippen LogP contribution in [0.1, 0.15) is 40.0 Å². The number of hydrazone groups is 1. The van der Waals surface area contributed by atoms with Gasteiger partial charge in [0, 0.05) is 30.8 Å². The van der Waals surface area contributed by atoms with Crippen molar-refractivity contribution in [3.63, 3.8) is 0 Å². The summed E-state index contributed by atoms with van der Waals surface area (Å²) in [5.41, 5.74) is 4.80. The zero-order valence-corrected chi connectivity index (χ0v) is 17.6. The number of nitrogens with zero attached hydrogens (tertiary/aromatic N) is 5. The van der Waals surface area contributed by atoms with Crippen LogP contribution in [0.25, 0.3) is 0 Å². The molecule has 0 aromatic heterocycles. The third-order valence-electron chi connectivity index (χ3n) is 4.64. The maximum absolute atomic E-state index is 7.99. The molecule has 1 atom stereocenters. The fourth-order valence-electron chi connectivity index (χ4n) is 3.05. The fourth-order valence-corrected chi connectivity index (χ4v) is 3.05. The van der Waals surface area contributed by atoms with Gasteiger partial charge in [0.25, 0.3) is 0 Å². The summed E-state index contributed by atoms with van der Waals surface area (Å²) in [4.78, 5) is 14.7. The summed E-state index contributed by atoms with van der Waals surface area (Å²) in [6.07, 6.45) is 9.34. The molecule has 0 bridgehead atoms. The molecule has 29 heavy (non-hydrogen) atoms. The van der Waals surface area contributed by atoms with Crippen LogP contribution in [0.15, 0.2) is 57.0 Å². The number of likely N-dealkylation sites (tertiary alicyclic amines) is 1. The SMILES string of the molecule is C=C1CC(C(=N)N=CC(=C)N2CC[C@@H](O/C=C/N/N=C(/C)N=C(C)N=CC)C2)C1. The number of hydrogen-bond donors (Lipinski definition) is 2. The van der Waals surface area contributed by atoms with Crippen LogP contribution >= 0.6 is 0 Å². The first-order valence-corrected chi connectivity index (χ1v) is 9.76. The summed E-state index contributed by atoms with van der Waals surface area (Å²) < 4.78 is 5.74. The van der Waals surface area contributed by atoms with Gasteiger partial charge in [-0.1, -0.05) is 18.7 Å². The van der Waals surface area contributed by atoms with Gasteiger partial charge in [-0.05, 0) is 33.6 Å². The minimum atomic E-state index is 0.0804. The Morgan fingerprint density at radius 1 is 1.28 bits per heavy atom. The Kier molecular flexibility index (Phi) is 8.51. The van der Waals surface area contributed by atoms with Gasteiger partial charge in [-0.3, -0.25) is 10.8 Å². The van der Waals surface area contributed by atoms with Crippen LogP contribution < -0.4 is 5.43 Å². The van der Waals surface area contributed by atoms with Crippen molar-refractivity contribution in [2.24, 2.45) is 26.0 Å². The van der Waals surface area contributed by atoms with Gasteiger partial charge in [0.1, 0.15) is 29.9 Å². The third kappa shape index (κ3) is 7.48. The van der Waals surface area contributed by atoms with Crippen LogP contribution in [0.2, 0.25) is 0 Å². The van der Waals surface area contributed by atoms with E-state index in [0.29, 0.717) is 17.5 Å². The lowest BCUT2D eigenvalue weighted by Gasteiger charge is -2.26. The number of amidine groups is 3. The third-order valence-corrected chi connectivity index (χ3v) is 4.64. The number of aliphatic imine (C=N–C) groups is 3. The monoisotopic (exact) mass is 397 g/mol. The summed E-state index contributed by atoms with van der Waals surface area (Å²) in [5, 5.41) is 12.1. The molecule has 1 saturated carbocycles. The molecule has 0 amide bonds.